The summed E-state index contributed by atoms with van der Waals surface area (Å²) in [5.41, 5.74) is 2.86. The van der Waals surface area contributed by atoms with Gasteiger partial charge in [0.25, 0.3) is 0 Å². The van der Waals surface area contributed by atoms with Crippen molar-refractivity contribution in [3.05, 3.63) is 53.2 Å². The lowest BCUT2D eigenvalue weighted by molar-refractivity contribution is -0.126. The van der Waals surface area contributed by atoms with E-state index in [0.29, 0.717) is 5.88 Å². The molecule has 1 aromatic carbocycles. The maximum absolute atomic E-state index is 12.2. The lowest BCUT2D eigenvalue weighted by Crippen LogP contribution is -2.45. The summed E-state index contributed by atoms with van der Waals surface area (Å²) >= 11 is 0. The van der Waals surface area contributed by atoms with Crippen LogP contribution in [-0.4, -0.2) is 47.1 Å². The molecule has 0 bridgehead atoms. The summed E-state index contributed by atoms with van der Waals surface area (Å²) in [5, 5.41) is 12.5. The highest BCUT2D eigenvalue weighted by atomic mass is 16.5. The highest BCUT2D eigenvalue weighted by molar-refractivity contribution is 5.92. The zero-order valence-corrected chi connectivity index (χ0v) is 15.0. The Balaban J connectivity index is 1.73. The predicted octanol–water partition coefficient (Wildman–Crippen LogP) is 2.64. The van der Waals surface area contributed by atoms with Gasteiger partial charge in [0.1, 0.15) is 11.5 Å². The van der Waals surface area contributed by atoms with E-state index in [-0.39, 0.29) is 11.7 Å². The second kappa shape index (κ2) is 8.01. The number of ether oxygens (including phenoxy) is 1. The molecule has 2 heterocycles. The predicted molar refractivity (Wildman–Crippen MR) is 100 cm³/mol. The van der Waals surface area contributed by atoms with E-state index in [9.17, 15) is 9.90 Å². The van der Waals surface area contributed by atoms with Gasteiger partial charge in [-0.15, -0.1) is 0 Å². The number of piperazine rings is 1. The quantitative estimate of drug-likeness (QED) is 0.827. The number of nitrogens with zero attached hydrogens (tertiary/aromatic N) is 2. The zero-order chi connectivity index (χ0) is 18.5. The van der Waals surface area contributed by atoms with Crippen LogP contribution in [0.5, 0.6) is 17.4 Å². The maximum Gasteiger partial charge on any atom is 0.246 e. The normalized spacial score (nSPS) is 14.6. The van der Waals surface area contributed by atoms with Crippen molar-refractivity contribution in [1.82, 2.24) is 15.2 Å². The van der Waals surface area contributed by atoms with Crippen LogP contribution >= 0.6 is 0 Å². The third-order valence-electron chi connectivity index (χ3n) is 4.26. The molecule has 1 amide bonds. The average Bonchev–Trinajstić information content (AvgIpc) is 2.65. The van der Waals surface area contributed by atoms with Gasteiger partial charge in [-0.05, 0) is 54.8 Å². The molecule has 1 saturated heterocycles. The van der Waals surface area contributed by atoms with Crippen molar-refractivity contribution < 1.29 is 14.6 Å². The summed E-state index contributed by atoms with van der Waals surface area (Å²) in [6, 6.07) is 7.11. The van der Waals surface area contributed by atoms with Crippen LogP contribution in [-0.2, 0) is 4.79 Å². The maximum atomic E-state index is 12.2. The van der Waals surface area contributed by atoms with Gasteiger partial charge in [-0.3, -0.25) is 4.79 Å². The number of aryl methyl sites for hydroxylation is 2. The molecule has 2 aromatic rings. The van der Waals surface area contributed by atoms with Crippen LogP contribution in [0.4, 0.5) is 0 Å². The molecule has 0 spiro atoms. The van der Waals surface area contributed by atoms with Gasteiger partial charge < -0.3 is 20.1 Å². The minimum Gasteiger partial charge on any atom is -0.506 e. The van der Waals surface area contributed by atoms with Crippen molar-refractivity contribution >= 4 is 12.0 Å². The Kier molecular flexibility index (Phi) is 5.53. The first kappa shape index (κ1) is 17.9. The Labute approximate surface area is 153 Å². The number of nitrogens with one attached hydrogen (secondary N) is 1. The molecule has 26 heavy (non-hydrogen) atoms. The lowest BCUT2D eigenvalue weighted by atomic mass is 10.1. The van der Waals surface area contributed by atoms with Gasteiger partial charge in [0.05, 0.1) is 6.20 Å². The van der Waals surface area contributed by atoms with Crippen LogP contribution < -0.4 is 10.1 Å². The van der Waals surface area contributed by atoms with Gasteiger partial charge in [0.2, 0.25) is 11.8 Å². The molecular formula is C20H23N3O3. The number of aromatic hydroxyl groups is 1. The minimum atomic E-state index is 0.0374. The number of rotatable bonds is 4. The number of pyridine rings is 1. The molecule has 136 valence electrons. The Bertz CT molecular complexity index is 787. The van der Waals surface area contributed by atoms with E-state index in [0.717, 1.165) is 48.6 Å². The number of carbonyl (C=O) groups excluding carboxylic acids is 1. The Hall–Kier alpha value is -2.86. The number of hydrogen-bond donors (Lipinski definition) is 2. The summed E-state index contributed by atoms with van der Waals surface area (Å²) in [5.74, 6) is 1.29. The summed E-state index contributed by atoms with van der Waals surface area (Å²) in [4.78, 5) is 18.1. The molecule has 1 aliphatic rings. The highest BCUT2D eigenvalue weighted by Gasteiger charge is 2.13. The van der Waals surface area contributed by atoms with Crippen molar-refractivity contribution in [2.75, 3.05) is 26.2 Å². The van der Waals surface area contributed by atoms with E-state index < -0.39 is 0 Å². The highest BCUT2D eigenvalue weighted by Crippen LogP contribution is 2.29. The molecule has 2 N–H and O–H groups in total. The van der Waals surface area contributed by atoms with Crippen molar-refractivity contribution in [2.45, 2.75) is 13.8 Å². The van der Waals surface area contributed by atoms with Crippen LogP contribution in [0.1, 0.15) is 16.7 Å². The van der Waals surface area contributed by atoms with Crippen molar-refractivity contribution in [3.63, 3.8) is 0 Å². The van der Waals surface area contributed by atoms with Crippen molar-refractivity contribution in [1.29, 1.82) is 0 Å². The van der Waals surface area contributed by atoms with Crippen LogP contribution in [0.25, 0.3) is 6.08 Å². The third-order valence-corrected chi connectivity index (χ3v) is 4.26. The van der Waals surface area contributed by atoms with Gasteiger partial charge in [0.15, 0.2) is 0 Å². The fraction of sp³-hybridized carbons (Fsp3) is 0.300. The molecule has 0 atom stereocenters. The SMILES string of the molecule is Cc1cc(C=CC(=O)N2CCNCC2)cc(C)c1Oc1ccc(O)cn1. The van der Waals surface area contributed by atoms with Crippen LogP contribution in [0, 0.1) is 13.8 Å². The molecular weight excluding hydrogens is 330 g/mol. The molecule has 1 fully saturated rings. The number of benzene rings is 1. The molecule has 1 aromatic heterocycles. The van der Waals surface area contributed by atoms with Crippen LogP contribution in [0.3, 0.4) is 0 Å². The largest absolute Gasteiger partial charge is 0.506 e. The van der Waals surface area contributed by atoms with E-state index in [1.54, 1.807) is 12.1 Å². The van der Waals surface area contributed by atoms with E-state index in [4.69, 9.17) is 4.74 Å². The number of hydrogen-bond acceptors (Lipinski definition) is 5. The van der Waals surface area contributed by atoms with Gasteiger partial charge in [-0.25, -0.2) is 4.98 Å². The summed E-state index contributed by atoms with van der Waals surface area (Å²) in [6.45, 7) is 7.09. The number of carbonyl (C=O) groups is 1. The second-order valence-electron chi connectivity index (χ2n) is 6.35. The Morgan fingerprint density at radius 1 is 1.23 bits per heavy atom. The molecule has 3 rings (SSSR count). The molecule has 0 saturated carbocycles. The molecule has 0 aliphatic carbocycles. The molecule has 0 radical (unpaired) electrons. The van der Waals surface area contributed by atoms with Crippen LogP contribution in [0.2, 0.25) is 0 Å². The van der Waals surface area contributed by atoms with Gasteiger partial charge in [-0.1, -0.05) is 0 Å². The first-order valence-electron chi connectivity index (χ1n) is 8.65. The second-order valence-corrected chi connectivity index (χ2v) is 6.35. The van der Waals surface area contributed by atoms with E-state index in [2.05, 4.69) is 10.3 Å². The number of aromatic nitrogens is 1. The fourth-order valence-electron chi connectivity index (χ4n) is 2.94. The van der Waals surface area contributed by atoms with Gasteiger partial charge >= 0.3 is 0 Å². The Morgan fingerprint density at radius 3 is 2.54 bits per heavy atom. The lowest BCUT2D eigenvalue weighted by Gasteiger charge is -2.26. The van der Waals surface area contributed by atoms with Crippen molar-refractivity contribution in [2.24, 2.45) is 0 Å². The Morgan fingerprint density at radius 2 is 1.92 bits per heavy atom. The zero-order valence-electron chi connectivity index (χ0n) is 15.0. The fourth-order valence-corrected chi connectivity index (χ4v) is 2.94. The van der Waals surface area contributed by atoms with E-state index in [1.807, 2.05) is 37.0 Å². The first-order chi connectivity index (χ1) is 12.5. The molecule has 6 heteroatoms. The van der Waals surface area contributed by atoms with Crippen molar-refractivity contribution in [3.8, 4) is 17.4 Å². The summed E-state index contributed by atoms with van der Waals surface area (Å²) in [7, 11) is 0. The standard InChI is InChI=1S/C20H23N3O3/c1-14-11-16(3-6-19(25)23-9-7-21-8-10-23)12-15(2)20(14)26-18-5-4-17(24)13-22-18/h3-6,11-13,21,24H,7-10H2,1-2H3. The average molecular weight is 353 g/mol. The van der Waals surface area contributed by atoms with E-state index in [1.165, 1.54) is 12.3 Å². The topological polar surface area (TPSA) is 74.7 Å². The first-order valence-corrected chi connectivity index (χ1v) is 8.65. The van der Waals surface area contributed by atoms with Gasteiger partial charge in [0, 0.05) is 38.3 Å². The molecule has 0 unspecified atom stereocenters. The van der Waals surface area contributed by atoms with Gasteiger partial charge in [-0.2, -0.15) is 0 Å². The van der Waals surface area contributed by atoms with E-state index >= 15 is 0 Å². The minimum absolute atomic E-state index is 0.0374. The molecule has 1 aliphatic heterocycles. The summed E-state index contributed by atoms with van der Waals surface area (Å²) < 4.78 is 5.84. The van der Waals surface area contributed by atoms with Crippen LogP contribution in [0.15, 0.2) is 36.5 Å². The third kappa shape index (κ3) is 4.40. The summed E-state index contributed by atoms with van der Waals surface area (Å²) in [6.07, 6.45) is 4.81. The number of amides is 1. The monoisotopic (exact) mass is 353 g/mol. The smallest absolute Gasteiger partial charge is 0.246 e. The molecule has 6 nitrogen and oxygen atoms in total.